The number of hydrogen-bond donors (Lipinski definition) is 1. The molecule has 0 bridgehead atoms. The molecule has 5 nitrogen and oxygen atoms in total. The van der Waals surface area contributed by atoms with E-state index in [0.29, 0.717) is 25.3 Å². The van der Waals surface area contributed by atoms with Crippen LogP contribution in [0, 0.1) is 11.3 Å². The van der Waals surface area contributed by atoms with Crippen molar-refractivity contribution < 1.29 is 9.53 Å². The number of ether oxygens (including phenoxy) is 1. The summed E-state index contributed by atoms with van der Waals surface area (Å²) >= 11 is 0. The summed E-state index contributed by atoms with van der Waals surface area (Å²) in [4.78, 5) is 13.7. The molecule has 1 N–H and O–H groups in total. The van der Waals surface area contributed by atoms with Crippen molar-refractivity contribution >= 4 is 6.03 Å². The monoisotopic (exact) mass is 323 g/mol. The number of hydrogen-bond acceptors (Lipinski definition) is 3. The minimum atomic E-state index is -0.142. The van der Waals surface area contributed by atoms with E-state index in [0.717, 1.165) is 17.7 Å². The van der Waals surface area contributed by atoms with Crippen LogP contribution in [0.2, 0.25) is 0 Å². The summed E-state index contributed by atoms with van der Waals surface area (Å²) in [6.07, 6.45) is 0.753. The third-order valence-electron chi connectivity index (χ3n) is 3.50. The standard InChI is InChI=1S/C19H21N3O2/c1-22(11-6-12-24-18-9-3-2-4-10-18)19(23)21-15-17-8-5-7-16(13-17)14-20/h2-5,7-10,13H,6,11-12,15H2,1H3,(H,21,23). The number of nitrogens with zero attached hydrogens (tertiary/aromatic N) is 2. The van der Waals surface area contributed by atoms with Gasteiger partial charge in [-0.05, 0) is 36.2 Å². The molecule has 0 fully saturated rings. The molecule has 0 heterocycles. The number of nitrogens with one attached hydrogen (secondary N) is 1. The van der Waals surface area contributed by atoms with E-state index < -0.39 is 0 Å². The Bertz CT molecular complexity index is 695. The summed E-state index contributed by atoms with van der Waals surface area (Å²) in [5.74, 6) is 0.835. The average Bonchev–Trinajstić information content (AvgIpc) is 2.64. The smallest absolute Gasteiger partial charge is 0.317 e. The van der Waals surface area contributed by atoms with Gasteiger partial charge in [-0.1, -0.05) is 30.3 Å². The Labute approximate surface area is 142 Å². The van der Waals surface area contributed by atoms with Crippen molar-refractivity contribution in [3.63, 3.8) is 0 Å². The number of carbonyl (C=O) groups excluding carboxylic acids is 1. The van der Waals surface area contributed by atoms with Crippen LogP contribution in [0.25, 0.3) is 0 Å². The second-order valence-corrected chi connectivity index (χ2v) is 5.41. The predicted molar refractivity (Wildman–Crippen MR) is 92.6 cm³/mol. The maximum atomic E-state index is 12.0. The maximum absolute atomic E-state index is 12.0. The fourth-order valence-corrected chi connectivity index (χ4v) is 2.17. The Balaban J connectivity index is 1.67. The first-order valence-electron chi connectivity index (χ1n) is 7.85. The lowest BCUT2D eigenvalue weighted by atomic mass is 10.1. The molecule has 0 aliphatic rings. The van der Waals surface area contributed by atoms with Crippen molar-refractivity contribution in [1.29, 1.82) is 5.26 Å². The van der Waals surface area contributed by atoms with E-state index in [4.69, 9.17) is 10.00 Å². The SMILES string of the molecule is CN(CCCOc1ccccc1)C(=O)NCc1cccc(C#N)c1. The highest BCUT2D eigenvalue weighted by molar-refractivity contribution is 5.73. The number of carbonyl (C=O) groups is 1. The molecule has 2 rings (SSSR count). The predicted octanol–water partition coefficient (Wildman–Crippen LogP) is 3.17. The fraction of sp³-hybridized carbons (Fsp3) is 0.263. The molecule has 24 heavy (non-hydrogen) atoms. The topological polar surface area (TPSA) is 65.4 Å². The van der Waals surface area contributed by atoms with E-state index in [-0.39, 0.29) is 6.03 Å². The van der Waals surface area contributed by atoms with Crippen LogP contribution in [0.3, 0.4) is 0 Å². The molecule has 2 amide bonds. The fourth-order valence-electron chi connectivity index (χ4n) is 2.17. The van der Waals surface area contributed by atoms with Crippen LogP contribution >= 0.6 is 0 Å². The molecule has 0 spiro atoms. The summed E-state index contributed by atoms with van der Waals surface area (Å²) in [7, 11) is 1.75. The number of amides is 2. The van der Waals surface area contributed by atoms with Gasteiger partial charge in [0.2, 0.25) is 0 Å². The van der Waals surface area contributed by atoms with Crippen LogP contribution in [0.15, 0.2) is 54.6 Å². The first-order valence-corrected chi connectivity index (χ1v) is 7.85. The second kappa shape index (κ2) is 9.21. The number of benzene rings is 2. The van der Waals surface area contributed by atoms with E-state index in [1.54, 1.807) is 24.1 Å². The second-order valence-electron chi connectivity index (χ2n) is 5.41. The van der Waals surface area contributed by atoms with Gasteiger partial charge in [0.1, 0.15) is 5.75 Å². The Morgan fingerprint density at radius 3 is 2.75 bits per heavy atom. The molecule has 0 radical (unpaired) electrons. The van der Waals surface area contributed by atoms with Gasteiger partial charge in [0.25, 0.3) is 0 Å². The normalized spacial score (nSPS) is 9.83. The lowest BCUT2D eigenvalue weighted by Gasteiger charge is -2.18. The molecule has 0 unspecified atom stereocenters. The lowest BCUT2D eigenvalue weighted by Crippen LogP contribution is -2.37. The number of para-hydroxylation sites is 1. The highest BCUT2D eigenvalue weighted by atomic mass is 16.5. The van der Waals surface area contributed by atoms with E-state index >= 15 is 0 Å². The summed E-state index contributed by atoms with van der Waals surface area (Å²) < 4.78 is 5.60. The first-order chi connectivity index (χ1) is 11.7. The van der Waals surface area contributed by atoms with Crippen LogP contribution in [0.5, 0.6) is 5.75 Å². The number of urea groups is 1. The maximum Gasteiger partial charge on any atom is 0.317 e. The summed E-state index contributed by atoms with van der Waals surface area (Å²) in [6, 6.07) is 18.8. The summed E-state index contributed by atoms with van der Waals surface area (Å²) in [5.41, 5.74) is 1.50. The molecule has 0 aromatic heterocycles. The molecule has 124 valence electrons. The van der Waals surface area contributed by atoms with Crippen molar-refractivity contribution in [2.75, 3.05) is 20.2 Å². The van der Waals surface area contributed by atoms with E-state index in [1.165, 1.54) is 0 Å². The molecule has 0 aliphatic heterocycles. The van der Waals surface area contributed by atoms with E-state index in [1.807, 2.05) is 42.5 Å². The molecule has 2 aromatic rings. The molecule has 0 atom stereocenters. The summed E-state index contributed by atoms with van der Waals surface area (Å²) in [6.45, 7) is 1.57. The Kier molecular flexibility index (Phi) is 6.66. The van der Waals surface area contributed by atoms with E-state index in [9.17, 15) is 4.79 Å². The molecule has 0 saturated heterocycles. The zero-order valence-corrected chi connectivity index (χ0v) is 13.7. The Hall–Kier alpha value is -3.00. The quantitative estimate of drug-likeness (QED) is 0.796. The number of rotatable bonds is 7. The van der Waals surface area contributed by atoms with Gasteiger partial charge < -0.3 is 15.0 Å². The van der Waals surface area contributed by atoms with Gasteiger partial charge in [-0.25, -0.2) is 4.79 Å². The lowest BCUT2D eigenvalue weighted by molar-refractivity contribution is 0.203. The van der Waals surface area contributed by atoms with Gasteiger partial charge in [0, 0.05) is 20.1 Å². The molecule has 0 aliphatic carbocycles. The van der Waals surface area contributed by atoms with Crippen molar-refractivity contribution in [3.05, 3.63) is 65.7 Å². The van der Waals surface area contributed by atoms with Gasteiger partial charge >= 0.3 is 6.03 Å². The van der Waals surface area contributed by atoms with Gasteiger partial charge in [-0.3, -0.25) is 0 Å². The van der Waals surface area contributed by atoms with Crippen molar-refractivity contribution in [1.82, 2.24) is 10.2 Å². The van der Waals surface area contributed by atoms with Gasteiger partial charge in [-0.2, -0.15) is 5.26 Å². The molecule has 2 aromatic carbocycles. The average molecular weight is 323 g/mol. The van der Waals surface area contributed by atoms with E-state index in [2.05, 4.69) is 11.4 Å². The Morgan fingerprint density at radius 1 is 1.21 bits per heavy atom. The minimum absolute atomic E-state index is 0.142. The van der Waals surface area contributed by atoms with Crippen molar-refractivity contribution in [2.45, 2.75) is 13.0 Å². The minimum Gasteiger partial charge on any atom is -0.494 e. The third-order valence-corrected chi connectivity index (χ3v) is 3.50. The molecular weight excluding hydrogens is 302 g/mol. The van der Waals surface area contributed by atoms with Gasteiger partial charge in [0.15, 0.2) is 0 Å². The van der Waals surface area contributed by atoms with Crippen LogP contribution < -0.4 is 10.1 Å². The highest BCUT2D eigenvalue weighted by Gasteiger charge is 2.07. The summed E-state index contributed by atoms with van der Waals surface area (Å²) in [5, 5.41) is 11.7. The van der Waals surface area contributed by atoms with Crippen LogP contribution in [0.4, 0.5) is 4.79 Å². The van der Waals surface area contributed by atoms with Crippen LogP contribution in [-0.4, -0.2) is 31.1 Å². The third kappa shape index (κ3) is 5.65. The first kappa shape index (κ1) is 17.4. The van der Waals surface area contributed by atoms with Gasteiger partial charge in [-0.15, -0.1) is 0 Å². The zero-order chi connectivity index (χ0) is 17.2. The van der Waals surface area contributed by atoms with Crippen LogP contribution in [0.1, 0.15) is 17.5 Å². The van der Waals surface area contributed by atoms with Crippen molar-refractivity contribution in [2.24, 2.45) is 0 Å². The van der Waals surface area contributed by atoms with Gasteiger partial charge in [0.05, 0.1) is 18.2 Å². The highest BCUT2D eigenvalue weighted by Crippen LogP contribution is 2.08. The molecular formula is C19H21N3O2. The Morgan fingerprint density at radius 2 is 2.00 bits per heavy atom. The molecule has 0 saturated carbocycles. The largest absolute Gasteiger partial charge is 0.494 e. The number of nitriles is 1. The molecule has 5 heteroatoms. The van der Waals surface area contributed by atoms with Crippen molar-refractivity contribution in [3.8, 4) is 11.8 Å². The zero-order valence-electron chi connectivity index (χ0n) is 13.7. The van der Waals surface area contributed by atoms with Crippen LogP contribution in [-0.2, 0) is 6.54 Å².